The van der Waals surface area contributed by atoms with Crippen LogP contribution in [0, 0.1) is 11.3 Å². The van der Waals surface area contributed by atoms with E-state index >= 15 is 0 Å². The van der Waals surface area contributed by atoms with Crippen molar-refractivity contribution < 1.29 is 14.2 Å². The van der Waals surface area contributed by atoms with Gasteiger partial charge in [0.15, 0.2) is 5.79 Å². The highest BCUT2D eigenvalue weighted by atomic mass is 16.7. The van der Waals surface area contributed by atoms with Crippen LogP contribution in [0.2, 0.25) is 0 Å². The second-order valence-electron chi connectivity index (χ2n) is 7.26. The fourth-order valence-electron chi connectivity index (χ4n) is 3.13. The molecule has 4 nitrogen and oxygen atoms in total. The molecule has 1 unspecified atom stereocenters. The molecule has 1 spiro atoms. The summed E-state index contributed by atoms with van der Waals surface area (Å²) in [7, 11) is 1.68. The highest BCUT2D eigenvalue weighted by Gasteiger charge is 2.45. The third-order valence-electron chi connectivity index (χ3n) is 4.66. The highest BCUT2D eigenvalue weighted by molar-refractivity contribution is 4.88. The minimum absolute atomic E-state index is 0.228. The molecular formula is C17H35NO3. The second-order valence-corrected chi connectivity index (χ2v) is 7.26. The predicted octanol–water partition coefficient (Wildman–Crippen LogP) is 3.34. The van der Waals surface area contributed by atoms with Crippen LogP contribution in [0.15, 0.2) is 0 Å². The zero-order valence-corrected chi connectivity index (χ0v) is 14.6. The van der Waals surface area contributed by atoms with E-state index in [-0.39, 0.29) is 11.9 Å². The fraction of sp³-hybridized carbons (Fsp3) is 1.00. The summed E-state index contributed by atoms with van der Waals surface area (Å²) in [5, 5.41) is 0. The molecule has 4 heteroatoms. The molecule has 1 saturated carbocycles. The molecule has 2 rings (SSSR count). The Kier molecular flexibility index (Phi) is 7.62. The van der Waals surface area contributed by atoms with E-state index in [1.807, 2.05) is 6.92 Å². The molecule has 1 aliphatic heterocycles. The van der Waals surface area contributed by atoms with E-state index < -0.39 is 0 Å². The lowest BCUT2D eigenvalue weighted by Crippen LogP contribution is -2.38. The summed E-state index contributed by atoms with van der Waals surface area (Å²) in [6, 6.07) is 0. The first-order valence-corrected chi connectivity index (χ1v) is 8.37. The lowest BCUT2D eigenvalue weighted by molar-refractivity contribution is -0.196. The Hall–Kier alpha value is -0.160. The summed E-state index contributed by atoms with van der Waals surface area (Å²) in [5.74, 6) is 0.538. The molecule has 0 amide bonds. The first kappa shape index (κ1) is 18.9. The zero-order valence-electron chi connectivity index (χ0n) is 14.6. The van der Waals surface area contributed by atoms with Crippen LogP contribution in [0.4, 0.5) is 0 Å². The Morgan fingerprint density at radius 2 is 1.81 bits per heavy atom. The summed E-state index contributed by atoms with van der Waals surface area (Å²) in [5.41, 5.74) is 5.98. The smallest absolute Gasteiger partial charge is 0.168 e. The number of nitrogens with two attached hydrogens (primary N) is 1. The van der Waals surface area contributed by atoms with Gasteiger partial charge in [-0.15, -0.1) is 0 Å². The molecule has 2 fully saturated rings. The summed E-state index contributed by atoms with van der Waals surface area (Å²) < 4.78 is 16.6. The average Bonchev–Trinajstić information content (AvgIpc) is 2.82. The SMILES string of the molecule is CC(C)(C)C1CCC2(CC1)OCC(CCN)O2.CCOC. The van der Waals surface area contributed by atoms with E-state index in [9.17, 15) is 0 Å². The number of ether oxygens (including phenoxy) is 3. The van der Waals surface area contributed by atoms with E-state index in [2.05, 4.69) is 25.5 Å². The van der Waals surface area contributed by atoms with Crippen LogP contribution in [-0.4, -0.2) is 38.8 Å². The monoisotopic (exact) mass is 301 g/mol. The summed E-state index contributed by atoms with van der Waals surface area (Å²) in [4.78, 5) is 0. The van der Waals surface area contributed by atoms with Gasteiger partial charge in [-0.3, -0.25) is 0 Å². The fourth-order valence-corrected chi connectivity index (χ4v) is 3.13. The van der Waals surface area contributed by atoms with Crippen molar-refractivity contribution >= 4 is 0 Å². The minimum atomic E-state index is -0.262. The third-order valence-corrected chi connectivity index (χ3v) is 4.66. The molecule has 1 saturated heterocycles. The Morgan fingerprint density at radius 1 is 1.24 bits per heavy atom. The van der Waals surface area contributed by atoms with Crippen molar-refractivity contribution in [2.75, 3.05) is 26.9 Å². The minimum Gasteiger partial charge on any atom is -0.385 e. The van der Waals surface area contributed by atoms with Crippen LogP contribution < -0.4 is 5.73 Å². The van der Waals surface area contributed by atoms with Crippen LogP contribution in [0.1, 0.15) is 59.8 Å². The van der Waals surface area contributed by atoms with Gasteiger partial charge in [-0.25, -0.2) is 0 Å². The van der Waals surface area contributed by atoms with Crippen molar-refractivity contribution in [3.8, 4) is 0 Å². The largest absolute Gasteiger partial charge is 0.385 e. The molecule has 1 heterocycles. The highest BCUT2D eigenvalue weighted by Crippen LogP contribution is 2.45. The number of hydrogen-bond acceptors (Lipinski definition) is 4. The number of methoxy groups -OCH3 is 1. The number of hydrogen-bond donors (Lipinski definition) is 1. The van der Waals surface area contributed by atoms with E-state index in [0.29, 0.717) is 12.0 Å². The molecule has 1 atom stereocenters. The van der Waals surface area contributed by atoms with Crippen molar-refractivity contribution in [3.05, 3.63) is 0 Å². The van der Waals surface area contributed by atoms with Crippen LogP contribution in [0.25, 0.3) is 0 Å². The van der Waals surface area contributed by atoms with Gasteiger partial charge in [0.2, 0.25) is 0 Å². The Labute approximate surface area is 130 Å². The van der Waals surface area contributed by atoms with Gasteiger partial charge in [0.1, 0.15) is 0 Å². The van der Waals surface area contributed by atoms with Gasteiger partial charge in [-0.05, 0) is 44.1 Å². The Balaban J connectivity index is 0.000000491. The number of rotatable bonds is 3. The summed E-state index contributed by atoms with van der Waals surface area (Å²) >= 11 is 0. The first-order valence-electron chi connectivity index (χ1n) is 8.37. The molecular weight excluding hydrogens is 266 g/mol. The molecule has 2 aliphatic rings. The van der Waals surface area contributed by atoms with Crippen molar-refractivity contribution in [1.29, 1.82) is 0 Å². The maximum absolute atomic E-state index is 6.09. The standard InChI is InChI=1S/C14H27NO2.C3H8O/c1-13(2,3)11-4-7-14(8-5-11)16-10-12(17-14)6-9-15;1-3-4-2/h11-12H,4-10,15H2,1-3H3;3H2,1-2H3. The zero-order chi connectivity index (χ0) is 15.9. The van der Waals surface area contributed by atoms with Gasteiger partial charge in [0.05, 0.1) is 12.7 Å². The van der Waals surface area contributed by atoms with Gasteiger partial charge < -0.3 is 19.9 Å². The van der Waals surface area contributed by atoms with Crippen molar-refractivity contribution in [2.24, 2.45) is 17.1 Å². The molecule has 1 aliphatic carbocycles. The maximum Gasteiger partial charge on any atom is 0.168 e. The van der Waals surface area contributed by atoms with Crippen molar-refractivity contribution in [3.63, 3.8) is 0 Å². The van der Waals surface area contributed by atoms with E-state index in [1.54, 1.807) is 7.11 Å². The molecule has 126 valence electrons. The van der Waals surface area contributed by atoms with Crippen LogP contribution in [0.5, 0.6) is 0 Å². The van der Waals surface area contributed by atoms with Gasteiger partial charge >= 0.3 is 0 Å². The van der Waals surface area contributed by atoms with Gasteiger partial charge in [-0.1, -0.05) is 20.8 Å². The quantitative estimate of drug-likeness (QED) is 0.868. The van der Waals surface area contributed by atoms with Crippen molar-refractivity contribution in [2.45, 2.75) is 71.7 Å². The lowest BCUT2D eigenvalue weighted by atomic mass is 9.71. The van der Waals surface area contributed by atoms with Crippen LogP contribution in [-0.2, 0) is 14.2 Å². The summed E-state index contributed by atoms with van der Waals surface area (Å²) in [6.45, 7) is 11.2. The van der Waals surface area contributed by atoms with Crippen molar-refractivity contribution in [1.82, 2.24) is 0 Å². The second kappa shape index (κ2) is 8.47. The van der Waals surface area contributed by atoms with E-state index in [1.165, 1.54) is 12.8 Å². The molecule has 0 radical (unpaired) electrons. The molecule has 0 aromatic heterocycles. The molecule has 2 N–H and O–H groups in total. The van der Waals surface area contributed by atoms with E-state index in [4.69, 9.17) is 15.2 Å². The van der Waals surface area contributed by atoms with Gasteiger partial charge in [0.25, 0.3) is 0 Å². The maximum atomic E-state index is 6.09. The average molecular weight is 301 g/mol. The van der Waals surface area contributed by atoms with E-state index in [0.717, 1.165) is 38.4 Å². The predicted molar refractivity (Wildman–Crippen MR) is 86.2 cm³/mol. The molecule has 0 aromatic carbocycles. The summed E-state index contributed by atoms with van der Waals surface area (Å²) in [6.07, 6.45) is 5.69. The van der Waals surface area contributed by atoms with Crippen LogP contribution >= 0.6 is 0 Å². The van der Waals surface area contributed by atoms with Gasteiger partial charge in [0, 0.05) is 26.6 Å². The molecule has 0 bridgehead atoms. The first-order chi connectivity index (χ1) is 9.87. The Bertz CT molecular complexity index is 278. The topological polar surface area (TPSA) is 53.7 Å². The van der Waals surface area contributed by atoms with Crippen LogP contribution in [0.3, 0.4) is 0 Å². The lowest BCUT2D eigenvalue weighted by Gasteiger charge is -2.41. The third kappa shape index (κ3) is 5.85. The molecule has 0 aromatic rings. The van der Waals surface area contributed by atoms with Gasteiger partial charge in [-0.2, -0.15) is 0 Å². The Morgan fingerprint density at radius 3 is 2.24 bits per heavy atom. The molecule has 21 heavy (non-hydrogen) atoms. The normalized spacial score (nSPS) is 32.9.